The number of hydrogen-bond donors (Lipinski definition) is 0. The van der Waals surface area contributed by atoms with Crippen molar-refractivity contribution in [3.8, 4) is 5.75 Å². The summed E-state index contributed by atoms with van der Waals surface area (Å²) in [6, 6.07) is 14.8. The number of halogens is 2. The minimum atomic E-state index is -3.98. The lowest BCUT2D eigenvalue weighted by Crippen LogP contribution is -2.44. The highest BCUT2D eigenvalue weighted by Crippen LogP contribution is 2.40. The largest absolute Gasteiger partial charge is 0.486 e. The van der Waals surface area contributed by atoms with Gasteiger partial charge in [0.25, 0.3) is 10.0 Å². The number of ether oxygens (including phenoxy) is 2. The molecule has 1 aliphatic heterocycles. The van der Waals surface area contributed by atoms with Crippen LogP contribution in [0.15, 0.2) is 59.5 Å². The number of anilines is 1. The van der Waals surface area contributed by atoms with Gasteiger partial charge in [-0.2, -0.15) is 0 Å². The van der Waals surface area contributed by atoms with E-state index in [1.54, 1.807) is 56.3 Å². The topological polar surface area (TPSA) is 72.9 Å². The zero-order valence-electron chi connectivity index (χ0n) is 21.6. The summed E-state index contributed by atoms with van der Waals surface area (Å²) >= 11 is 6.24. The third-order valence-electron chi connectivity index (χ3n) is 6.68. The Kier molecular flexibility index (Phi) is 8.13. The number of esters is 1. The molecule has 0 radical (unpaired) electrons. The summed E-state index contributed by atoms with van der Waals surface area (Å²) in [5.74, 6) is -0.468. The monoisotopic (exact) mass is 557 g/mol. The highest BCUT2D eigenvalue weighted by atomic mass is 35.5. The molecule has 1 heterocycles. The van der Waals surface area contributed by atoms with E-state index in [1.807, 2.05) is 13.0 Å². The van der Waals surface area contributed by atoms with E-state index in [4.69, 9.17) is 21.1 Å². The molecular formula is C29H29ClFNO5S. The standard InChI is InChI=1S/C29H29ClFNO5S/c1-18-7-5-10-27(20(18)3)38(34,35)32-17-22(12-14-28(33)36-4)37-26-13-11-21(16-25(26)32)15-19(2)29-23(30)8-6-9-24(29)31/h5-11,13,15-16,22H,12,14,17H2,1-4H3/b19-15+/t22-/m0/s1. The van der Waals surface area contributed by atoms with E-state index in [1.165, 1.54) is 23.5 Å². The van der Waals surface area contributed by atoms with Gasteiger partial charge in [0.1, 0.15) is 17.7 Å². The molecule has 38 heavy (non-hydrogen) atoms. The average Bonchev–Trinajstić information content (AvgIpc) is 2.88. The van der Waals surface area contributed by atoms with Gasteiger partial charge in [-0.25, -0.2) is 12.8 Å². The normalized spacial score (nSPS) is 15.6. The van der Waals surface area contributed by atoms with Crippen LogP contribution < -0.4 is 9.04 Å². The SMILES string of the molecule is COC(=O)CC[C@H]1CN(S(=O)(=O)c2cccc(C)c2C)c2cc(/C=C(\C)c3c(F)cccc3Cl)ccc2O1. The number of carbonyl (C=O) groups excluding carboxylic acids is 1. The van der Waals surface area contributed by atoms with Gasteiger partial charge in [-0.15, -0.1) is 0 Å². The lowest BCUT2D eigenvalue weighted by molar-refractivity contribution is -0.141. The second-order valence-corrected chi connectivity index (χ2v) is 11.5. The zero-order valence-corrected chi connectivity index (χ0v) is 23.2. The van der Waals surface area contributed by atoms with E-state index < -0.39 is 27.9 Å². The third-order valence-corrected chi connectivity index (χ3v) is 8.92. The molecule has 3 aromatic rings. The molecule has 0 amide bonds. The molecule has 0 spiro atoms. The van der Waals surface area contributed by atoms with E-state index in [2.05, 4.69) is 0 Å². The Morgan fingerprint density at radius 1 is 1.18 bits per heavy atom. The van der Waals surface area contributed by atoms with Crippen molar-refractivity contribution in [1.82, 2.24) is 0 Å². The molecule has 0 bridgehead atoms. The highest BCUT2D eigenvalue weighted by Gasteiger charge is 2.35. The maximum Gasteiger partial charge on any atom is 0.305 e. The molecule has 6 nitrogen and oxygen atoms in total. The fraction of sp³-hybridized carbons (Fsp3) is 0.276. The number of sulfonamides is 1. The van der Waals surface area contributed by atoms with Gasteiger partial charge in [-0.3, -0.25) is 9.10 Å². The first kappa shape index (κ1) is 27.7. The summed E-state index contributed by atoms with van der Waals surface area (Å²) in [6.45, 7) is 5.40. The maximum atomic E-state index is 14.5. The van der Waals surface area contributed by atoms with Crippen molar-refractivity contribution >= 4 is 44.9 Å². The number of fused-ring (bicyclic) bond motifs is 1. The first-order valence-electron chi connectivity index (χ1n) is 12.1. The van der Waals surface area contributed by atoms with Crippen LogP contribution >= 0.6 is 11.6 Å². The Labute approximate surface area is 227 Å². The maximum absolute atomic E-state index is 14.5. The second-order valence-electron chi connectivity index (χ2n) is 9.24. The van der Waals surface area contributed by atoms with Crippen molar-refractivity contribution < 1.29 is 27.1 Å². The van der Waals surface area contributed by atoms with Crippen LogP contribution in [-0.4, -0.2) is 34.1 Å². The zero-order chi connectivity index (χ0) is 27.6. The third kappa shape index (κ3) is 5.56. The van der Waals surface area contributed by atoms with Crippen molar-refractivity contribution in [3.05, 3.63) is 87.7 Å². The van der Waals surface area contributed by atoms with E-state index in [9.17, 15) is 17.6 Å². The minimum absolute atomic E-state index is 0.0189. The lowest BCUT2D eigenvalue weighted by atomic mass is 10.0. The van der Waals surface area contributed by atoms with Gasteiger partial charge in [0.15, 0.2) is 0 Å². The fourth-order valence-corrected chi connectivity index (χ4v) is 6.61. The van der Waals surface area contributed by atoms with E-state index >= 15 is 0 Å². The molecular weight excluding hydrogens is 529 g/mol. The molecule has 1 aliphatic rings. The van der Waals surface area contributed by atoms with Gasteiger partial charge >= 0.3 is 5.97 Å². The molecule has 0 aromatic heterocycles. The molecule has 0 saturated carbocycles. The average molecular weight is 558 g/mol. The molecule has 9 heteroatoms. The molecule has 3 aromatic carbocycles. The molecule has 0 unspecified atom stereocenters. The van der Waals surface area contributed by atoms with Crippen molar-refractivity contribution in [3.63, 3.8) is 0 Å². The molecule has 4 rings (SSSR count). The molecule has 0 fully saturated rings. The second kappa shape index (κ2) is 11.2. The molecule has 200 valence electrons. The van der Waals surface area contributed by atoms with E-state index in [-0.39, 0.29) is 34.9 Å². The van der Waals surface area contributed by atoms with Crippen molar-refractivity contribution in [2.45, 2.75) is 44.6 Å². The first-order chi connectivity index (χ1) is 18.0. The Balaban J connectivity index is 1.79. The Bertz CT molecular complexity index is 1500. The van der Waals surface area contributed by atoms with Crippen molar-refractivity contribution in [2.24, 2.45) is 0 Å². The van der Waals surface area contributed by atoms with Crippen LogP contribution in [0, 0.1) is 19.7 Å². The molecule has 0 aliphatic carbocycles. The van der Waals surface area contributed by atoms with Gasteiger partial charge in [-0.1, -0.05) is 41.9 Å². The Morgan fingerprint density at radius 3 is 2.63 bits per heavy atom. The summed E-state index contributed by atoms with van der Waals surface area (Å²) < 4.78 is 54.7. The van der Waals surface area contributed by atoms with Gasteiger partial charge in [0.2, 0.25) is 0 Å². The number of methoxy groups -OCH3 is 1. The minimum Gasteiger partial charge on any atom is -0.486 e. The van der Waals surface area contributed by atoms with Gasteiger partial charge < -0.3 is 9.47 Å². The molecule has 0 N–H and O–H groups in total. The number of hydrogen-bond acceptors (Lipinski definition) is 5. The summed E-state index contributed by atoms with van der Waals surface area (Å²) in [6.07, 6.45) is 1.58. The van der Waals surface area contributed by atoms with Gasteiger partial charge in [0, 0.05) is 12.0 Å². The number of allylic oxidation sites excluding steroid dienone is 1. The first-order valence-corrected chi connectivity index (χ1v) is 13.9. The number of aryl methyl sites for hydroxylation is 1. The summed E-state index contributed by atoms with van der Waals surface area (Å²) in [4.78, 5) is 11.9. The summed E-state index contributed by atoms with van der Waals surface area (Å²) in [5.41, 5.74) is 3.40. The number of benzene rings is 3. The molecule has 1 atom stereocenters. The Morgan fingerprint density at radius 2 is 1.92 bits per heavy atom. The van der Waals surface area contributed by atoms with Crippen LogP contribution in [0.3, 0.4) is 0 Å². The number of rotatable bonds is 7. The smallest absolute Gasteiger partial charge is 0.305 e. The van der Waals surface area contributed by atoms with Crippen LogP contribution in [0.4, 0.5) is 10.1 Å². The van der Waals surface area contributed by atoms with Crippen LogP contribution in [0.1, 0.15) is 42.0 Å². The fourth-order valence-electron chi connectivity index (χ4n) is 4.50. The van der Waals surface area contributed by atoms with E-state index in [0.29, 0.717) is 28.1 Å². The van der Waals surface area contributed by atoms with Crippen molar-refractivity contribution in [2.75, 3.05) is 18.0 Å². The van der Waals surface area contributed by atoms with Crippen LogP contribution in [-0.2, 0) is 19.6 Å². The van der Waals surface area contributed by atoms with Crippen molar-refractivity contribution in [1.29, 1.82) is 0 Å². The summed E-state index contributed by atoms with van der Waals surface area (Å²) in [7, 11) is -2.67. The van der Waals surface area contributed by atoms with Gasteiger partial charge in [0.05, 0.1) is 29.3 Å². The number of nitrogens with zero attached hydrogens (tertiary/aromatic N) is 1. The predicted octanol–water partition coefficient (Wildman–Crippen LogP) is 6.57. The quantitative estimate of drug-likeness (QED) is 0.243. The number of carbonyl (C=O) groups is 1. The summed E-state index contributed by atoms with van der Waals surface area (Å²) in [5, 5.41) is 0.285. The van der Waals surface area contributed by atoms with Gasteiger partial charge in [-0.05, 0) is 79.8 Å². The lowest BCUT2D eigenvalue weighted by Gasteiger charge is -2.36. The predicted molar refractivity (Wildman–Crippen MR) is 148 cm³/mol. The highest BCUT2D eigenvalue weighted by molar-refractivity contribution is 7.93. The van der Waals surface area contributed by atoms with Crippen LogP contribution in [0.2, 0.25) is 5.02 Å². The van der Waals surface area contributed by atoms with Crippen LogP contribution in [0.5, 0.6) is 5.75 Å². The van der Waals surface area contributed by atoms with Crippen LogP contribution in [0.25, 0.3) is 11.6 Å². The molecule has 0 saturated heterocycles. The Hall–Kier alpha value is -3.36. The van der Waals surface area contributed by atoms with E-state index in [0.717, 1.165) is 5.56 Å².